The van der Waals surface area contributed by atoms with Gasteiger partial charge in [-0.1, -0.05) is 37.1 Å². The highest BCUT2D eigenvalue weighted by Crippen LogP contribution is 2.33. The molecule has 3 rings (SSSR count). The first-order valence-electron chi connectivity index (χ1n) is 8.66. The SMILES string of the molecule is Cc1ccccc1[C@@H]1[C@@H](C(=O)NC2(C)CCCC2)OCC(=O)N1C. The van der Waals surface area contributed by atoms with Crippen molar-refractivity contribution in [2.24, 2.45) is 0 Å². The Hall–Kier alpha value is -1.88. The van der Waals surface area contributed by atoms with E-state index in [-0.39, 0.29) is 24.0 Å². The topological polar surface area (TPSA) is 58.6 Å². The van der Waals surface area contributed by atoms with Gasteiger partial charge in [0.1, 0.15) is 6.61 Å². The van der Waals surface area contributed by atoms with Crippen LogP contribution >= 0.6 is 0 Å². The molecule has 1 aromatic rings. The van der Waals surface area contributed by atoms with E-state index < -0.39 is 12.1 Å². The smallest absolute Gasteiger partial charge is 0.252 e. The Morgan fingerprint density at radius 1 is 1.29 bits per heavy atom. The maximum absolute atomic E-state index is 12.9. The monoisotopic (exact) mass is 330 g/mol. The van der Waals surface area contributed by atoms with E-state index in [0.29, 0.717) is 0 Å². The first-order valence-corrected chi connectivity index (χ1v) is 8.66. The summed E-state index contributed by atoms with van der Waals surface area (Å²) >= 11 is 0. The average molecular weight is 330 g/mol. The first-order chi connectivity index (χ1) is 11.4. The van der Waals surface area contributed by atoms with Crippen LogP contribution in [0.4, 0.5) is 0 Å². The van der Waals surface area contributed by atoms with Crippen LogP contribution in [0.5, 0.6) is 0 Å². The van der Waals surface area contributed by atoms with Gasteiger partial charge in [-0.05, 0) is 37.8 Å². The standard InChI is InChI=1S/C19H26N2O3/c1-13-8-4-5-9-14(13)16-17(24-12-15(22)21(16)3)18(23)20-19(2)10-6-7-11-19/h4-5,8-9,16-17H,6-7,10-12H2,1-3H3,(H,20,23)/t16-,17+/m1/s1. The number of likely N-dealkylation sites (N-methyl/N-ethyl adjacent to an activating group) is 1. The quantitative estimate of drug-likeness (QED) is 0.925. The molecule has 0 spiro atoms. The van der Waals surface area contributed by atoms with Gasteiger partial charge in [-0.2, -0.15) is 0 Å². The number of ether oxygens (including phenoxy) is 1. The second-order valence-corrected chi connectivity index (χ2v) is 7.29. The number of carbonyl (C=O) groups is 2. The first kappa shape index (κ1) is 17.0. The summed E-state index contributed by atoms with van der Waals surface area (Å²) in [6.45, 7) is 4.04. The largest absolute Gasteiger partial charge is 0.356 e. The highest BCUT2D eigenvalue weighted by Gasteiger charge is 2.42. The Balaban J connectivity index is 1.88. The molecule has 130 valence electrons. The zero-order valence-electron chi connectivity index (χ0n) is 14.7. The molecule has 24 heavy (non-hydrogen) atoms. The predicted octanol–water partition coefficient (Wildman–Crippen LogP) is 2.34. The zero-order chi connectivity index (χ0) is 17.3. The molecule has 0 aromatic heterocycles. The molecule has 1 saturated carbocycles. The Morgan fingerprint density at radius 3 is 2.62 bits per heavy atom. The molecule has 0 bridgehead atoms. The van der Waals surface area contributed by atoms with E-state index in [9.17, 15) is 9.59 Å². The summed E-state index contributed by atoms with van der Waals surface area (Å²) in [6.07, 6.45) is 3.60. The van der Waals surface area contributed by atoms with Gasteiger partial charge in [0.2, 0.25) is 5.91 Å². The molecule has 1 aromatic carbocycles. The summed E-state index contributed by atoms with van der Waals surface area (Å²) in [5.41, 5.74) is 1.86. The molecule has 1 heterocycles. The van der Waals surface area contributed by atoms with Crippen LogP contribution in [-0.4, -0.2) is 42.0 Å². The highest BCUT2D eigenvalue weighted by atomic mass is 16.5. The molecule has 1 aliphatic carbocycles. The number of benzene rings is 1. The van der Waals surface area contributed by atoms with Crippen LogP contribution in [-0.2, 0) is 14.3 Å². The maximum Gasteiger partial charge on any atom is 0.252 e. The zero-order valence-corrected chi connectivity index (χ0v) is 14.7. The van der Waals surface area contributed by atoms with Gasteiger partial charge in [-0.25, -0.2) is 0 Å². The summed E-state index contributed by atoms with van der Waals surface area (Å²) in [7, 11) is 1.75. The minimum atomic E-state index is -0.675. The van der Waals surface area contributed by atoms with E-state index in [4.69, 9.17) is 4.74 Å². The van der Waals surface area contributed by atoms with E-state index in [1.54, 1.807) is 11.9 Å². The van der Waals surface area contributed by atoms with Crippen LogP contribution in [0.1, 0.15) is 49.8 Å². The number of hydrogen-bond acceptors (Lipinski definition) is 3. The van der Waals surface area contributed by atoms with Gasteiger partial charge in [-0.15, -0.1) is 0 Å². The molecule has 5 nitrogen and oxygen atoms in total. The van der Waals surface area contributed by atoms with Gasteiger partial charge in [0.05, 0.1) is 6.04 Å². The summed E-state index contributed by atoms with van der Waals surface area (Å²) in [5.74, 6) is -0.216. The van der Waals surface area contributed by atoms with Crippen LogP contribution in [0.25, 0.3) is 0 Å². The molecule has 5 heteroatoms. The molecule has 1 N–H and O–H groups in total. The molecule has 0 radical (unpaired) electrons. The number of nitrogens with one attached hydrogen (secondary N) is 1. The van der Waals surface area contributed by atoms with Crippen LogP contribution in [0.2, 0.25) is 0 Å². The molecule has 2 aliphatic rings. The van der Waals surface area contributed by atoms with Crippen molar-refractivity contribution in [3.05, 3.63) is 35.4 Å². The van der Waals surface area contributed by atoms with Gasteiger partial charge in [0.15, 0.2) is 6.10 Å². The number of aryl methyl sites for hydroxylation is 1. The molecular formula is C19H26N2O3. The van der Waals surface area contributed by atoms with Crippen LogP contribution < -0.4 is 5.32 Å². The number of morpholine rings is 1. The lowest BCUT2D eigenvalue weighted by Crippen LogP contribution is -2.56. The van der Waals surface area contributed by atoms with Gasteiger partial charge in [-0.3, -0.25) is 9.59 Å². The van der Waals surface area contributed by atoms with Crippen molar-refractivity contribution in [2.45, 2.75) is 57.2 Å². The number of hydrogen-bond donors (Lipinski definition) is 1. The van der Waals surface area contributed by atoms with Gasteiger partial charge >= 0.3 is 0 Å². The normalized spacial score (nSPS) is 26.5. The molecule has 2 atom stereocenters. The third-order valence-corrected chi connectivity index (χ3v) is 5.38. The molecule has 2 amide bonds. The fourth-order valence-electron chi connectivity index (χ4n) is 3.87. The number of nitrogens with zero attached hydrogens (tertiary/aromatic N) is 1. The van der Waals surface area contributed by atoms with E-state index >= 15 is 0 Å². The second kappa shape index (κ2) is 6.55. The van der Waals surface area contributed by atoms with Crippen LogP contribution in [0, 0.1) is 6.92 Å². The van der Waals surface area contributed by atoms with Crippen LogP contribution in [0.3, 0.4) is 0 Å². The van der Waals surface area contributed by atoms with Gasteiger partial charge in [0, 0.05) is 12.6 Å². The van der Waals surface area contributed by atoms with Crippen molar-refractivity contribution in [3.63, 3.8) is 0 Å². The average Bonchev–Trinajstić information content (AvgIpc) is 2.97. The molecule has 1 saturated heterocycles. The number of carbonyl (C=O) groups excluding carboxylic acids is 2. The van der Waals surface area contributed by atoms with E-state index in [0.717, 1.165) is 36.8 Å². The van der Waals surface area contributed by atoms with Crippen LogP contribution in [0.15, 0.2) is 24.3 Å². The Labute approximate surface area is 143 Å². The highest BCUT2D eigenvalue weighted by molar-refractivity contribution is 5.86. The van der Waals surface area contributed by atoms with Gasteiger partial charge in [0.25, 0.3) is 5.91 Å². The van der Waals surface area contributed by atoms with Crippen molar-refractivity contribution in [2.75, 3.05) is 13.7 Å². The summed E-state index contributed by atoms with van der Waals surface area (Å²) in [6, 6.07) is 7.46. The van der Waals surface area contributed by atoms with Gasteiger partial charge < -0.3 is 15.0 Å². The summed E-state index contributed by atoms with van der Waals surface area (Å²) in [4.78, 5) is 26.7. The predicted molar refractivity (Wildman–Crippen MR) is 91.4 cm³/mol. The van der Waals surface area contributed by atoms with Crippen molar-refractivity contribution in [3.8, 4) is 0 Å². The Bertz CT molecular complexity index is 637. The molecule has 2 fully saturated rings. The van der Waals surface area contributed by atoms with Crippen molar-refractivity contribution < 1.29 is 14.3 Å². The minimum absolute atomic E-state index is 0.0479. The number of rotatable bonds is 3. The third-order valence-electron chi connectivity index (χ3n) is 5.38. The Morgan fingerprint density at radius 2 is 1.96 bits per heavy atom. The fraction of sp³-hybridized carbons (Fsp3) is 0.579. The van der Waals surface area contributed by atoms with E-state index in [2.05, 4.69) is 12.2 Å². The fourth-order valence-corrected chi connectivity index (χ4v) is 3.87. The summed E-state index contributed by atoms with van der Waals surface area (Å²) < 4.78 is 5.70. The second-order valence-electron chi connectivity index (χ2n) is 7.29. The lowest BCUT2D eigenvalue weighted by atomic mass is 9.92. The van der Waals surface area contributed by atoms with E-state index in [1.807, 2.05) is 31.2 Å². The number of amides is 2. The lowest BCUT2D eigenvalue weighted by Gasteiger charge is -2.40. The minimum Gasteiger partial charge on any atom is -0.356 e. The van der Waals surface area contributed by atoms with Crippen molar-refractivity contribution >= 4 is 11.8 Å². The van der Waals surface area contributed by atoms with E-state index in [1.165, 1.54) is 0 Å². The Kier molecular flexibility index (Phi) is 4.63. The molecule has 1 aliphatic heterocycles. The molecular weight excluding hydrogens is 304 g/mol. The lowest BCUT2D eigenvalue weighted by molar-refractivity contribution is -0.162. The maximum atomic E-state index is 12.9. The summed E-state index contributed by atoms with van der Waals surface area (Å²) in [5, 5.41) is 3.18. The van der Waals surface area contributed by atoms with Crippen molar-refractivity contribution in [1.82, 2.24) is 10.2 Å². The third kappa shape index (κ3) is 3.18. The molecule has 0 unspecified atom stereocenters. The van der Waals surface area contributed by atoms with Crippen molar-refractivity contribution in [1.29, 1.82) is 0 Å².